The highest BCUT2D eigenvalue weighted by molar-refractivity contribution is 5.99. The highest BCUT2D eigenvalue weighted by Crippen LogP contribution is 2.43. The molecule has 0 aliphatic carbocycles. The lowest BCUT2D eigenvalue weighted by molar-refractivity contribution is -0.138. The van der Waals surface area contributed by atoms with E-state index in [0.717, 1.165) is 0 Å². The average Bonchev–Trinajstić information content (AvgIpc) is 2.88. The number of esters is 1. The minimum absolute atomic E-state index is 0.0612. The van der Waals surface area contributed by atoms with Gasteiger partial charge in [0.15, 0.2) is 0 Å². The summed E-state index contributed by atoms with van der Waals surface area (Å²) in [5, 5.41) is 9.87. The van der Waals surface area contributed by atoms with Gasteiger partial charge < -0.3 is 19.9 Å². The van der Waals surface area contributed by atoms with Crippen LogP contribution in [-0.2, 0) is 20.9 Å². The van der Waals surface area contributed by atoms with Gasteiger partial charge >= 0.3 is 5.97 Å². The van der Waals surface area contributed by atoms with E-state index in [2.05, 4.69) is 6.07 Å². The second kappa shape index (κ2) is 10.6. The number of benzene rings is 3. The van der Waals surface area contributed by atoms with Gasteiger partial charge in [-0.25, -0.2) is 9.18 Å². The molecule has 0 spiro atoms. The molecule has 6 nitrogen and oxygen atoms in total. The highest BCUT2D eigenvalue weighted by Gasteiger charge is 2.38. The van der Waals surface area contributed by atoms with Gasteiger partial charge in [-0.05, 0) is 30.7 Å². The van der Waals surface area contributed by atoms with Gasteiger partial charge in [0.2, 0.25) is 5.88 Å². The highest BCUT2D eigenvalue weighted by atomic mass is 19.1. The van der Waals surface area contributed by atoms with E-state index < -0.39 is 11.9 Å². The summed E-state index contributed by atoms with van der Waals surface area (Å²) in [7, 11) is 0. The number of allylic oxidation sites excluding steroid dienone is 1. The van der Waals surface area contributed by atoms with Crippen LogP contribution in [0.3, 0.4) is 0 Å². The average molecular weight is 471 g/mol. The fourth-order valence-electron chi connectivity index (χ4n) is 3.85. The fourth-order valence-corrected chi connectivity index (χ4v) is 3.85. The normalized spacial score (nSPS) is 15.3. The van der Waals surface area contributed by atoms with Crippen LogP contribution in [0.25, 0.3) is 5.76 Å². The van der Waals surface area contributed by atoms with Gasteiger partial charge in [-0.1, -0.05) is 60.7 Å². The Labute approximate surface area is 202 Å². The third kappa shape index (κ3) is 5.02. The van der Waals surface area contributed by atoms with Gasteiger partial charge in [-0.2, -0.15) is 5.26 Å². The number of hydrogen-bond acceptors (Lipinski definition) is 6. The molecule has 0 saturated heterocycles. The molecule has 1 aliphatic heterocycles. The summed E-state index contributed by atoms with van der Waals surface area (Å²) in [6.07, 6.45) is 0. The molecule has 176 valence electrons. The first kappa shape index (κ1) is 23.6. The lowest BCUT2D eigenvalue weighted by Crippen LogP contribution is -2.25. The topological polar surface area (TPSA) is 94.6 Å². The van der Waals surface area contributed by atoms with Gasteiger partial charge in [0.1, 0.15) is 35.6 Å². The maximum absolute atomic E-state index is 13.9. The minimum Gasteiger partial charge on any atom is -0.489 e. The van der Waals surface area contributed by atoms with E-state index in [1.165, 1.54) is 6.07 Å². The van der Waals surface area contributed by atoms with Gasteiger partial charge in [0.05, 0.1) is 18.1 Å². The van der Waals surface area contributed by atoms with E-state index in [9.17, 15) is 14.4 Å². The molecule has 0 saturated carbocycles. The molecule has 0 fully saturated rings. The van der Waals surface area contributed by atoms with Crippen molar-refractivity contribution in [2.45, 2.75) is 19.4 Å². The quantitative estimate of drug-likeness (QED) is 0.478. The Balaban J connectivity index is 1.72. The summed E-state index contributed by atoms with van der Waals surface area (Å²) in [5.41, 5.74) is 8.11. The Bertz CT molecular complexity index is 1330. The van der Waals surface area contributed by atoms with Gasteiger partial charge in [0.25, 0.3) is 0 Å². The van der Waals surface area contributed by atoms with Gasteiger partial charge in [0, 0.05) is 11.1 Å². The first-order valence-corrected chi connectivity index (χ1v) is 11.0. The summed E-state index contributed by atoms with van der Waals surface area (Å²) in [4.78, 5) is 13.1. The SMILES string of the molecule is CCOC(=O)C1=C(c2ccccc2)OC(N)=C(C#N)C1c1ccc(OCc2ccccc2F)cc1. The molecule has 0 aromatic heterocycles. The van der Waals surface area contributed by atoms with Crippen LogP contribution in [0.1, 0.15) is 29.5 Å². The summed E-state index contributed by atoms with van der Waals surface area (Å²) in [5.74, 6) is -1.08. The van der Waals surface area contributed by atoms with Crippen molar-refractivity contribution in [1.29, 1.82) is 5.26 Å². The molecule has 1 aliphatic rings. The van der Waals surface area contributed by atoms with Crippen LogP contribution in [0.2, 0.25) is 0 Å². The summed E-state index contributed by atoms with van der Waals surface area (Å²) >= 11 is 0. The fraction of sp³-hybridized carbons (Fsp3) is 0.143. The molecule has 7 heteroatoms. The molecule has 1 unspecified atom stereocenters. The summed E-state index contributed by atoms with van der Waals surface area (Å²) in [6.45, 7) is 1.92. The number of nitriles is 1. The molecule has 4 rings (SSSR count). The Hall–Kier alpha value is -4.57. The van der Waals surface area contributed by atoms with Crippen molar-refractivity contribution < 1.29 is 23.4 Å². The lowest BCUT2D eigenvalue weighted by atomic mass is 9.82. The van der Waals surface area contributed by atoms with Gasteiger partial charge in [-0.3, -0.25) is 0 Å². The molecule has 1 atom stereocenters. The Morgan fingerprint density at radius 1 is 1.06 bits per heavy atom. The first-order valence-electron chi connectivity index (χ1n) is 11.0. The molecule has 2 N–H and O–H groups in total. The van der Waals surface area contributed by atoms with Crippen molar-refractivity contribution in [2.75, 3.05) is 6.61 Å². The van der Waals surface area contributed by atoms with Crippen LogP contribution in [0.4, 0.5) is 4.39 Å². The number of nitrogens with zero attached hydrogens (tertiary/aromatic N) is 1. The Morgan fingerprint density at radius 2 is 1.74 bits per heavy atom. The predicted molar refractivity (Wildman–Crippen MR) is 128 cm³/mol. The second-order valence-electron chi connectivity index (χ2n) is 7.70. The maximum atomic E-state index is 13.9. The molecule has 0 radical (unpaired) electrons. The number of nitrogens with two attached hydrogens (primary N) is 1. The first-order chi connectivity index (χ1) is 17.0. The van der Waals surface area contributed by atoms with Crippen LogP contribution in [0, 0.1) is 17.1 Å². The molecule has 35 heavy (non-hydrogen) atoms. The third-order valence-corrected chi connectivity index (χ3v) is 5.52. The van der Waals surface area contributed by atoms with Crippen LogP contribution >= 0.6 is 0 Å². The maximum Gasteiger partial charge on any atom is 0.338 e. The van der Waals surface area contributed by atoms with Crippen molar-refractivity contribution in [3.05, 3.63) is 118 Å². The van der Waals surface area contributed by atoms with Crippen molar-refractivity contribution in [3.8, 4) is 11.8 Å². The van der Waals surface area contributed by atoms with Gasteiger partial charge in [-0.15, -0.1) is 0 Å². The molecule has 0 amide bonds. The molecular formula is C28H23FN2O4. The van der Waals surface area contributed by atoms with E-state index in [4.69, 9.17) is 19.9 Å². The van der Waals surface area contributed by atoms with Crippen molar-refractivity contribution >= 4 is 11.7 Å². The van der Waals surface area contributed by atoms with Crippen LogP contribution in [0.15, 0.2) is 95.9 Å². The number of carbonyl (C=O) groups is 1. The van der Waals surface area contributed by atoms with Crippen molar-refractivity contribution in [3.63, 3.8) is 0 Å². The smallest absolute Gasteiger partial charge is 0.338 e. The molecular weight excluding hydrogens is 447 g/mol. The number of hydrogen-bond donors (Lipinski definition) is 1. The zero-order valence-corrected chi connectivity index (χ0v) is 19.0. The molecule has 1 heterocycles. The lowest BCUT2D eigenvalue weighted by Gasteiger charge is -2.28. The number of ether oxygens (including phenoxy) is 3. The van der Waals surface area contributed by atoms with E-state index in [-0.39, 0.29) is 41.8 Å². The van der Waals surface area contributed by atoms with Crippen molar-refractivity contribution in [2.24, 2.45) is 5.73 Å². The Morgan fingerprint density at radius 3 is 2.40 bits per heavy atom. The zero-order valence-electron chi connectivity index (χ0n) is 19.0. The van der Waals surface area contributed by atoms with Crippen LogP contribution < -0.4 is 10.5 Å². The molecule has 3 aromatic rings. The second-order valence-corrected chi connectivity index (χ2v) is 7.70. The van der Waals surface area contributed by atoms with Crippen molar-refractivity contribution in [1.82, 2.24) is 0 Å². The van der Waals surface area contributed by atoms with Crippen LogP contribution in [0.5, 0.6) is 5.75 Å². The minimum atomic E-state index is -0.802. The predicted octanol–water partition coefficient (Wildman–Crippen LogP) is 5.19. The molecule has 0 bridgehead atoms. The standard InChI is InChI=1S/C28H23FN2O4/c1-2-33-28(32)25-24(22(16-30)27(31)35-26(25)19-8-4-3-5-9-19)18-12-14-21(15-13-18)34-17-20-10-6-7-11-23(20)29/h3-15,24H,2,17,31H2,1H3. The van der Waals surface area contributed by atoms with E-state index in [1.54, 1.807) is 61.5 Å². The van der Waals surface area contributed by atoms with E-state index in [1.807, 2.05) is 18.2 Å². The summed E-state index contributed by atoms with van der Waals surface area (Å²) in [6, 6.07) is 24.4. The van der Waals surface area contributed by atoms with E-state index >= 15 is 0 Å². The summed E-state index contributed by atoms with van der Waals surface area (Å²) < 4.78 is 30.7. The number of rotatable bonds is 7. The van der Waals surface area contributed by atoms with Crippen LogP contribution in [-0.4, -0.2) is 12.6 Å². The van der Waals surface area contributed by atoms with E-state index in [0.29, 0.717) is 22.4 Å². The Kier molecular flexibility index (Phi) is 7.12. The largest absolute Gasteiger partial charge is 0.489 e. The zero-order chi connectivity index (χ0) is 24.8. The third-order valence-electron chi connectivity index (χ3n) is 5.52. The number of carbonyl (C=O) groups excluding carboxylic acids is 1. The number of halogens is 1. The monoisotopic (exact) mass is 470 g/mol. The molecule has 3 aromatic carbocycles.